The zero-order chi connectivity index (χ0) is 21.7. The van der Waals surface area contributed by atoms with E-state index in [0.29, 0.717) is 12.6 Å². The number of carbonyl (C=O) groups excluding carboxylic acids is 2. The lowest BCUT2D eigenvalue weighted by atomic mass is 9.94. The van der Waals surface area contributed by atoms with Gasteiger partial charge in [-0.05, 0) is 50.8 Å². The van der Waals surface area contributed by atoms with Crippen LogP contribution in [0.5, 0.6) is 0 Å². The Labute approximate surface area is 181 Å². The summed E-state index contributed by atoms with van der Waals surface area (Å²) in [6.45, 7) is 9.78. The Morgan fingerprint density at radius 1 is 1.10 bits per heavy atom. The van der Waals surface area contributed by atoms with Crippen LogP contribution < -0.4 is 5.32 Å². The molecule has 2 aliphatic rings. The summed E-state index contributed by atoms with van der Waals surface area (Å²) in [5.41, 5.74) is 3.19. The van der Waals surface area contributed by atoms with Crippen LogP contribution in [0.15, 0.2) is 18.2 Å². The maximum atomic E-state index is 13.0. The predicted molar refractivity (Wildman–Crippen MR) is 122 cm³/mol. The fraction of sp³-hybridized carbons (Fsp3) is 0.667. The van der Waals surface area contributed by atoms with Crippen molar-refractivity contribution < 1.29 is 9.59 Å². The highest BCUT2D eigenvalue weighted by Gasteiger charge is 2.31. The molecule has 1 atom stereocenters. The SMILES string of the molecule is Cc1cccc(NC(=O)CN2CCN(C(C)C(=O)N(C)C3CCCCC3)CC2)c1C. The number of carbonyl (C=O) groups is 2. The van der Waals surface area contributed by atoms with Crippen molar-refractivity contribution in [3.8, 4) is 0 Å². The standard InChI is InChI=1S/C24H38N4O2/c1-18-9-8-12-22(19(18)2)25-23(29)17-27-13-15-28(16-14-27)20(3)24(30)26(4)21-10-6-5-7-11-21/h8-9,12,20-21H,5-7,10-11,13-17H2,1-4H3,(H,25,29). The molecule has 0 bridgehead atoms. The van der Waals surface area contributed by atoms with Crippen molar-refractivity contribution in [3.05, 3.63) is 29.3 Å². The van der Waals surface area contributed by atoms with Gasteiger partial charge in [-0.25, -0.2) is 0 Å². The quantitative estimate of drug-likeness (QED) is 0.777. The zero-order valence-corrected chi connectivity index (χ0v) is 19.1. The van der Waals surface area contributed by atoms with Crippen LogP contribution in [0.4, 0.5) is 5.69 Å². The van der Waals surface area contributed by atoms with Gasteiger partial charge in [-0.3, -0.25) is 19.4 Å². The number of hydrogen-bond donors (Lipinski definition) is 1. The number of rotatable bonds is 6. The van der Waals surface area contributed by atoms with Gasteiger partial charge in [-0.1, -0.05) is 31.4 Å². The molecule has 1 aromatic carbocycles. The fourth-order valence-electron chi connectivity index (χ4n) is 4.69. The lowest BCUT2D eigenvalue weighted by Crippen LogP contribution is -2.56. The molecule has 1 saturated heterocycles. The van der Waals surface area contributed by atoms with Crippen LogP contribution >= 0.6 is 0 Å². The summed E-state index contributed by atoms with van der Waals surface area (Å²) in [4.78, 5) is 31.9. The maximum absolute atomic E-state index is 13.0. The minimum absolute atomic E-state index is 0.0262. The van der Waals surface area contributed by atoms with E-state index in [9.17, 15) is 9.59 Å². The highest BCUT2D eigenvalue weighted by atomic mass is 16.2. The van der Waals surface area contributed by atoms with Crippen molar-refractivity contribution in [1.29, 1.82) is 0 Å². The number of amides is 2. The van der Waals surface area contributed by atoms with Gasteiger partial charge < -0.3 is 10.2 Å². The second-order valence-corrected chi connectivity index (χ2v) is 9.02. The summed E-state index contributed by atoms with van der Waals surface area (Å²) < 4.78 is 0. The van der Waals surface area contributed by atoms with Crippen LogP contribution in [0.1, 0.15) is 50.2 Å². The number of nitrogens with zero attached hydrogens (tertiary/aromatic N) is 3. The molecule has 6 nitrogen and oxygen atoms in total. The monoisotopic (exact) mass is 414 g/mol. The summed E-state index contributed by atoms with van der Waals surface area (Å²) in [7, 11) is 1.97. The lowest BCUT2D eigenvalue weighted by molar-refractivity contribution is -0.138. The molecule has 6 heteroatoms. The molecule has 3 rings (SSSR count). The molecule has 1 N–H and O–H groups in total. The molecule has 0 radical (unpaired) electrons. The van der Waals surface area contributed by atoms with E-state index in [1.165, 1.54) is 24.8 Å². The second-order valence-electron chi connectivity index (χ2n) is 9.02. The Balaban J connectivity index is 1.45. The topological polar surface area (TPSA) is 55.9 Å². The largest absolute Gasteiger partial charge is 0.341 e. The van der Waals surface area contributed by atoms with Crippen molar-refractivity contribution in [1.82, 2.24) is 14.7 Å². The fourth-order valence-corrected chi connectivity index (χ4v) is 4.69. The highest BCUT2D eigenvalue weighted by molar-refractivity contribution is 5.93. The van der Waals surface area contributed by atoms with Gasteiger partial charge in [0, 0.05) is 45.0 Å². The molecular formula is C24H38N4O2. The van der Waals surface area contributed by atoms with Gasteiger partial charge in [0.2, 0.25) is 11.8 Å². The van der Waals surface area contributed by atoms with Gasteiger partial charge in [-0.15, -0.1) is 0 Å². The summed E-state index contributed by atoms with van der Waals surface area (Å²) in [5.74, 6) is 0.265. The van der Waals surface area contributed by atoms with Crippen molar-refractivity contribution in [2.75, 3.05) is 45.1 Å². The average Bonchev–Trinajstić information content (AvgIpc) is 2.76. The Morgan fingerprint density at radius 3 is 2.43 bits per heavy atom. The number of anilines is 1. The smallest absolute Gasteiger partial charge is 0.239 e. The van der Waals surface area contributed by atoms with Crippen molar-refractivity contribution in [2.45, 2.75) is 65.0 Å². The first kappa shape index (κ1) is 22.8. The molecule has 2 amide bonds. The molecular weight excluding hydrogens is 376 g/mol. The average molecular weight is 415 g/mol. The molecule has 0 spiro atoms. The predicted octanol–water partition coefficient (Wildman–Crippen LogP) is 3.04. The van der Waals surface area contributed by atoms with E-state index in [1.807, 2.05) is 37.9 Å². The number of piperazine rings is 1. The van der Waals surface area contributed by atoms with Gasteiger partial charge >= 0.3 is 0 Å². The molecule has 1 saturated carbocycles. The van der Waals surface area contributed by atoms with Gasteiger partial charge in [0.25, 0.3) is 0 Å². The van der Waals surface area contributed by atoms with Crippen LogP contribution in [0.2, 0.25) is 0 Å². The van der Waals surface area contributed by atoms with Gasteiger partial charge in [0.15, 0.2) is 0 Å². The zero-order valence-electron chi connectivity index (χ0n) is 19.1. The summed E-state index contributed by atoms with van der Waals surface area (Å²) in [6, 6.07) is 6.29. The number of aryl methyl sites for hydroxylation is 1. The highest BCUT2D eigenvalue weighted by Crippen LogP contribution is 2.23. The molecule has 1 aliphatic carbocycles. The molecule has 30 heavy (non-hydrogen) atoms. The van der Waals surface area contributed by atoms with Crippen LogP contribution in [0, 0.1) is 13.8 Å². The summed E-state index contributed by atoms with van der Waals surface area (Å²) in [6.07, 6.45) is 6.04. The van der Waals surface area contributed by atoms with Crippen molar-refractivity contribution in [2.24, 2.45) is 0 Å². The van der Waals surface area contributed by atoms with E-state index >= 15 is 0 Å². The van der Waals surface area contributed by atoms with E-state index in [-0.39, 0.29) is 17.9 Å². The maximum Gasteiger partial charge on any atom is 0.239 e. The summed E-state index contributed by atoms with van der Waals surface area (Å²) >= 11 is 0. The van der Waals surface area contributed by atoms with Crippen molar-refractivity contribution >= 4 is 17.5 Å². The molecule has 1 aliphatic heterocycles. The Hall–Kier alpha value is -1.92. The van der Waals surface area contributed by atoms with Gasteiger partial charge in [0.1, 0.15) is 0 Å². The van der Waals surface area contributed by atoms with Crippen LogP contribution in [0.25, 0.3) is 0 Å². The Kier molecular flexibility index (Phi) is 7.89. The van der Waals surface area contributed by atoms with Crippen LogP contribution in [-0.4, -0.2) is 78.4 Å². The van der Waals surface area contributed by atoms with E-state index in [1.54, 1.807) is 0 Å². The summed E-state index contributed by atoms with van der Waals surface area (Å²) in [5, 5.41) is 3.05. The van der Waals surface area contributed by atoms with E-state index in [2.05, 4.69) is 28.1 Å². The number of benzene rings is 1. The third-order valence-corrected chi connectivity index (χ3v) is 7.03. The first-order valence-electron chi connectivity index (χ1n) is 11.5. The van der Waals surface area contributed by atoms with Crippen molar-refractivity contribution in [3.63, 3.8) is 0 Å². The van der Waals surface area contributed by atoms with E-state index < -0.39 is 0 Å². The Morgan fingerprint density at radius 2 is 1.77 bits per heavy atom. The second kappa shape index (κ2) is 10.4. The molecule has 1 aromatic rings. The van der Waals surface area contributed by atoms with E-state index in [0.717, 1.165) is 50.3 Å². The van der Waals surface area contributed by atoms with Crippen LogP contribution in [-0.2, 0) is 9.59 Å². The third kappa shape index (κ3) is 5.61. The normalized spacial score (nSPS) is 20.0. The molecule has 0 aromatic heterocycles. The van der Waals surface area contributed by atoms with Gasteiger partial charge in [-0.2, -0.15) is 0 Å². The first-order chi connectivity index (χ1) is 14.4. The number of likely N-dealkylation sites (N-methyl/N-ethyl adjacent to an activating group) is 1. The molecule has 1 heterocycles. The number of hydrogen-bond acceptors (Lipinski definition) is 4. The Bertz CT molecular complexity index is 737. The first-order valence-corrected chi connectivity index (χ1v) is 11.5. The minimum atomic E-state index is -0.0946. The molecule has 1 unspecified atom stereocenters. The van der Waals surface area contributed by atoms with E-state index in [4.69, 9.17) is 0 Å². The molecule has 2 fully saturated rings. The molecule has 166 valence electrons. The number of nitrogens with one attached hydrogen (secondary N) is 1. The lowest BCUT2D eigenvalue weighted by Gasteiger charge is -2.40. The third-order valence-electron chi connectivity index (χ3n) is 7.03. The van der Waals surface area contributed by atoms with Crippen LogP contribution in [0.3, 0.4) is 0 Å². The minimum Gasteiger partial charge on any atom is -0.341 e. The van der Waals surface area contributed by atoms with Gasteiger partial charge in [0.05, 0.1) is 12.6 Å².